The number of aliphatic hydroxyl groups is 1. The second-order valence-electron chi connectivity index (χ2n) is 9.38. The fraction of sp³-hybridized carbons (Fsp3) is 0.625. The molecule has 4 heterocycles. The van der Waals surface area contributed by atoms with Crippen LogP contribution in [0.1, 0.15) is 50.3 Å². The summed E-state index contributed by atoms with van der Waals surface area (Å²) in [5, 5.41) is 9.39. The van der Waals surface area contributed by atoms with Crippen LogP contribution < -0.4 is 52.1 Å². The Morgan fingerprint density at radius 1 is 1.05 bits per heavy atom. The first-order chi connectivity index (χ1) is 20.3. The third kappa shape index (κ3) is 7.54. The van der Waals surface area contributed by atoms with Gasteiger partial charge in [0.25, 0.3) is 11.1 Å². The Balaban J connectivity index is 0.000000759. The zero-order valence-corrected chi connectivity index (χ0v) is 24.7. The van der Waals surface area contributed by atoms with Gasteiger partial charge in [0.15, 0.2) is 29.9 Å². The van der Waals surface area contributed by atoms with Gasteiger partial charge in [-0.25, -0.2) is 28.5 Å². The second-order valence-corrected chi connectivity index (χ2v) is 9.38. The summed E-state index contributed by atoms with van der Waals surface area (Å²) < 4.78 is 84.9. The number of nitrogens with zero attached hydrogens (tertiary/aromatic N) is 2. The number of esters is 1. The fourth-order valence-corrected chi connectivity index (χ4v) is 4.24. The fourth-order valence-electron chi connectivity index (χ4n) is 4.24. The van der Waals surface area contributed by atoms with Crippen molar-refractivity contribution in [1.29, 1.82) is 5.34 Å². The molecule has 226 valence electrons. The molecule has 0 amide bonds. The third-order valence-corrected chi connectivity index (χ3v) is 6.97. The zero-order valence-electron chi connectivity index (χ0n) is 28.7. The standard InChI is InChI=1S/C12H15FN2O5.C11H15FN2O4.CH4.BH4.Na/c1-6-8(9(17)19-3)20-10(12(6,2)13)15-5-4-7(16)14-11(15)18;1-6-7(5-15)18-9(11(6,2)12)14-4-3-8(16)13-10(14)17;;;/h4-6,8,10H,1-3H3,(H,14,16,18);3-4,6-7,9,15H,5H2,1-2H3,(H,13,16,17);2*1H4;/q;;;-1;+1/t6-,8+,10-,12-;6-,7-,9-,11-;;;/m11.../s1/i;5D2;;1D4;. The number of alkyl halides is 2. The smallest absolute Gasteiger partial charge is 0.467 e. The van der Waals surface area contributed by atoms with E-state index in [9.17, 15) is 37.9 Å². The van der Waals surface area contributed by atoms with Gasteiger partial charge in [-0.15, -0.1) is 0 Å². The van der Waals surface area contributed by atoms with E-state index >= 15 is 0 Å². The Bertz CT molecular complexity index is 1590. The molecule has 0 aromatic carbocycles. The molecule has 0 bridgehead atoms. The quantitative estimate of drug-likeness (QED) is 0.232. The predicted octanol–water partition coefficient (Wildman–Crippen LogP) is -4.05. The molecule has 2 saturated heterocycles. The van der Waals surface area contributed by atoms with Gasteiger partial charge in [-0.05, 0) is 13.8 Å². The number of hydrogen-bond donors (Lipinski definition) is 3. The number of rotatable bonds is 4. The summed E-state index contributed by atoms with van der Waals surface area (Å²) in [5.74, 6) is -2.51. The van der Waals surface area contributed by atoms with Crippen LogP contribution in [0.15, 0.2) is 43.7 Å². The van der Waals surface area contributed by atoms with Crippen LogP contribution in [0.25, 0.3) is 0 Å². The first-order valence-corrected chi connectivity index (χ1v) is 11.5. The summed E-state index contributed by atoms with van der Waals surface area (Å²) in [5.41, 5.74) is -6.96. The molecule has 0 unspecified atom stereocenters. The number of hydrogen-bond acceptors (Lipinski definition) is 9. The van der Waals surface area contributed by atoms with Crippen molar-refractivity contribution < 1.29 is 65.2 Å². The van der Waals surface area contributed by atoms with Crippen molar-refractivity contribution in [3.63, 3.8) is 0 Å². The summed E-state index contributed by atoms with van der Waals surface area (Å²) in [6.07, 6.45) is -3.08. The predicted molar refractivity (Wildman–Crippen MR) is 145 cm³/mol. The molecule has 2 fully saturated rings. The number of carbonyl (C=O) groups is 1. The normalized spacial score (nSPS) is 34.5. The van der Waals surface area contributed by atoms with Crippen molar-refractivity contribution >= 4 is 14.2 Å². The van der Waals surface area contributed by atoms with E-state index in [1.165, 1.54) is 27.9 Å². The van der Waals surface area contributed by atoms with Crippen LogP contribution in [-0.4, -0.2) is 81.0 Å². The van der Waals surface area contributed by atoms with E-state index in [1.807, 2.05) is 9.97 Å². The Hall–Kier alpha value is -2.37. The third-order valence-electron chi connectivity index (χ3n) is 6.97. The molecule has 0 aliphatic carbocycles. The molecule has 4 rings (SSSR count). The molecule has 0 radical (unpaired) electrons. The van der Waals surface area contributed by atoms with Crippen LogP contribution in [0.3, 0.4) is 0 Å². The molecule has 3 N–H and O–H groups in total. The Morgan fingerprint density at radius 2 is 1.46 bits per heavy atom. The van der Waals surface area contributed by atoms with Crippen molar-refractivity contribution in [2.45, 2.75) is 71.1 Å². The van der Waals surface area contributed by atoms with E-state index < -0.39 is 91.1 Å². The molecular weight excluding hydrogens is 560 g/mol. The first kappa shape index (κ1) is 28.7. The monoisotopic (exact) mass is 604 g/mol. The van der Waals surface area contributed by atoms with Crippen molar-refractivity contribution in [2.24, 2.45) is 11.8 Å². The van der Waals surface area contributed by atoms with Gasteiger partial charge in [-0.1, -0.05) is 29.5 Å². The van der Waals surface area contributed by atoms with E-state index in [4.69, 9.17) is 17.6 Å². The summed E-state index contributed by atoms with van der Waals surface area (Å²) in [4.78, 5) is 61.0. The minimum Gasteiger partial charge on any atom is -0.467 e. The molecule has 2 aliphatic rings. The van der Waals surface area contributed by atoms with Crippen LogP contribution in [0.4, 0.5) is 8.78 Å². The number of nitrogens with one attached hydrogen (secondary N) is 2. The number of aromatic amines is 2. The molecule has 2 aromatic heterocycles. The number of H-pyrrole nitrogens is 2. The van der Waals surface area contributed by atoms with Gasteiger partial charge in [0.1, 0.15) is 0 Å². The average Bonchev–Trinajstić information content (AvgIpc) is 3.26. The van der Waals surface area contributed by atoms with Crippen molar-refractivity contribution in [3.05, 3.63) is 66.2 Å². The van der Waals surface area contributed by atoms with E-state index in [-0.39, 0.29) is 37.0 Å². The molecule has 13 nitrogen and oxygen atoms in total. The maximum absolute atomic E-state index is 14.8. The van der Waals surface area contributed by atoms with Gasteiger partial charge in [0.05, 0.1) is 22.5 Å². The number of ether oxygens (including phenoxy) is 3. The van der Waals surface area contributed by atoms with Crippen LogP contribution in [0.5, 0.6) is 0 Å². The number of carbonyl (C=O) groups excluding carboxylic acids is 1. The van der Waals surface area contributed by atoms with Crippen molar-refractivity contribution in [1.82, 2.24) is 19.1 Å². The van der Waals surface area contributed by atoms with Gasteiger partial charge >= 0.3 is 46.9 Å². The molecule has 8 atom stereocenters. The molecule has 41 heavy (non-hydrogen) atoms. The Labute approximate surface area is 266 Å². The maximum Gasteiger partial charge on any atom is 1.00 e. The largest absolute Gasteiger partial charge is 1.00 e. The second kappa shape index (κ2) is 14.7. The van der Waals surface area contributed by atoms with E-state index in [0.717, 1.165) is 40.6 Å². The van der Waals surface area contributed by atoms with Gasteiger partial charge in [-0.2, -0.15) is 0 Å². The van der Waals surface area contributed by atoms with E-state index in [1.54, 1.807) is 0 Å². The molecule has 2 aliphatic heterocycles. The SMILES string of the molecule is C.COC(=O)[C@H]1O[C@@H](n2ccc(=O)[nH]c2=O)[C@](C)(F)[C@@H]1C.[2H]C([2H])(O)[C@H]1O[C@@H](n2ccc(=O)[nH]c2=O)[C@](C)(F)[C@@H]1C.[2H][B-]([2H])([2H])[2H].[Na+]. The Kier molecular flexibility index (Phi) is 10.3. The van der Waals surface area contributed by atoms with Gasteiger partial charge in [0.2, 0.25) is 0 Å². The summed E-state index contributed by atoms with van der Waals surface area (Å²) in [6.45, 7) is 2.54. The Morgan fingerprint density at radius 3 is 1.83 bits per heavy atom. The number of aromatic nitrogens is 4. The van der Waals surface area contributed by atoms with Gasteiger partial charge in [-0.3, -0.25) is 28.7 Å². The van der Waals surface area contributed by atoms with Gasteiger partial charge < -0.3 is 19.3 Å². The van der Waals surface area contributed by atoms with E-state index in [0.29, 0.717) is 0 Å². The molecule has 17 heteroatoms. The zero-order chi connectivity index (χ0) is 34.9. The summed E-state index contributed by atoms with van der Waals surface area (Å²) in [7, 11) is -1.83. The molecule has 0 spiro atoms. The average molecular weight is 604 g/mol. The summed E-state index contributed by atoms with van der Waals surface area (Å²) in [6, 6.07) is 2.11. The van der Waals surface area contributed by atoms with Crippen molar-refractivity contribution in [2.75, 3.05) is 13.7 Å². The van der Waals surface area contributed by atoms with Crippen LogP contribution in [-0.2, 0) is 19.0 Å². The van der Waals surface area contributed by atoms with E-state index in [2.05, 4.69) is 4.74 Å². The first-order valence-electron chi connectivity index (χ1n) is 14.8. The molecule has 2 aromatic rings. The summed E-state index contributed by atoms with van der Waals surface area (Å²) >= 11 is 0. The minimum absolute atomic E-state index is 0. The topological polar surface area (TPSA) is 175 Å². The van der Waals surface area contributed by atoms with Crippen molar-refractivity contribution in [3.8, 4) is 0 Å². The number of halogens is 2. The minimum atomic E-state index is -3.00. The molecule has 0 saturated carbocycles. The van der Waals surface area contributed by atoms with Crippen LogP contribution >= 0.6 is 0 Å². The van der Waals surface area contributed by atoms with Crippen LogP contribution in [0, 0.1) is 11.8 Å². The molecular formula is C24H38BF2N4NaO9. The van der Waals surface area contributed by atoms with Gasteiger partial charge in [0, 0.05) is 36.4 Å². The van der Waals surface area contributed by atoms with Crippen LogP contribution in [0.2, 0.25) is 0 Å². The number of methoxy groups -OCH3 is 1. The maximum atomic E-state index is 14.8.